The third-order valence-electron chi connectivity index (χ3n) is 5.09. The molecule has 0 bridgehead atoms. The van der Waals surface area contributed by atoms with Crippen molar-refractivity contribution in [1.82, 2.24) is 4.31 Å². The van der Waals surface area contributed by atoms with Crippen LogP contribution in [0.4, 0.5) is 11.4 Å². The van der Waals surface area contributed by atoms with Crippen molar-refractivity contribution in [3.05, 3.63) is 70.3 Å². The number of phenolic OH excluding ortho intramolecular Hbond substituents is 1. The van der Waals surface area contributed by atoms with Gasteiger partial charge in [-0.15, -0.1) is 0 Å². The fraction of sp³-hybridized carbons (Fsp3) is 0.190. The number of nitro groups is 1. The van der Waals surface area contributed by atoms with Crippen LogP contribution in [0.1, 0.15) is 5.56 Å². The van der Waals surface area contributed by atoms with Crippen molar-refractivity contribution in [2.45, 2.75) is 4.90 Å². The van der Waals surface area contributed by atoms with Gasteiger partial charge in [-0.25, -0.2) is 8.42 Å². The predicted molar refractivity (Wildman–Crippen MR) is 120 cm³/mol. The summed E-state index contributed by atoms with van der Waals surface area (Å²) in [4.78, 5) is 10.3. The zero-order valence-electron chi connectivity index (χ0n) is 16.8. The molecule has 4 rings (SSSR count). The maximum atomic E-state index is 13.2. The van der Waals surface area contributed by atoms with Crippen LogP contribution in [0.25, 0.3) is 10.8 Å². The molecular weight excluding hydrogens is 436 g/mol. The molecule has 3 aromatic rings. The molecule has 1 heterocycles. The van der Waals surface area contributed by atoms with Crippen LogP contribution >= 0.6 is 0 Å². The van der Waals surface area contributed by atoms with Crippen LogP contribution in [0, 0.1) is 10.1 Å². The van der Waals surface area contributed by atoms with E-state index in [0.29, 0.717) is 5.56 Å². The Bertz CT molecular complexity index is 1300. The first-order chi connectivity index (χ1) is 15.4. The third kappa shape index (κ3) is 4.26. The van der Waals surface area contributed by atoms with Crippen molar-refractivity contribution >= 4 is 38.4 Å². The highest BCUT2D eigenvalue weighted by atomic mass is 32.2. The monoisotopic (exact) mass is 456 g/mol. The number of non-ortho nitro benzene ring substituents is 1. The lowest BCUT2D eigenvalue weighted by Gasteiger charge is -2.26. The molecule has 0 atom stereocenters. The van der Waals surface area contributed by atoms with Gasteiger partial charge in [-0.3, -0.25) is 15.5 Å². The molecular formula is C21H20N4O6S. The number of anilines is 1. The normalized spacial score (nSPS) is 15.2. The molecule has 3 aromatic carbocycles. The van der Waals surface area contributed by atoms with E-state index in [9.17, 15) is 23.6 Å². The quantitative estimate of drug-likeness (QED) is 0.331. The van der Waals surface area contributed by atoms with Gasteiger partial charge in [0.05, 0.1) is 30.0 Å². The molecule has 0 aromatic heterocycles. The number of aromatic hydroxyl groups is 1. The molecule has 0 amide bonds. The Morgan fingerprint density at radius 2 is 1.88 bits per heavy atom. The van der Waals surface area contributed by atoms with Crippen LogP contribution in [0.15, 0.2) is 64.6 Å². The number of hydrogen-bond donors (Lipinski definition) is 2. The van der Waals surface area contributed by atoms with Gasteiger partial charge in [0, 0.05) is 30.8 Å². The minimum atomic E-state index is -4.02. The molecule has 0 unspecified atom stereocenters. The average Bonchev–Trinajstić information content (AvgIpc) is 2.81. The Labute approximate surface area is 183 Å². The SMILES string of the molecule is O=[N+]([O-])c1ccc(NN=Cc2c(O)ccc3ccccc23)c(S(=O)(=O)N2CCOCC2)c1. The summed E-state index contributed by atoms with van der Waals surface area (Å²) in [6, 6.07) is 14.3. The summed E-state index contributed by atoms with van der Waals surface area (Å²) in [7, 11) is -4.02. The van der Waals surface area contributed by atoms with Crippen LogP contribution < -0.4 is 5.43 Å². The van der Waals surface area contributed by atoms with E-state index in [1.807, 2.05) is 24.3 Å². The van der Waals surface area contributed by atoms with Gasteiger partial charge in [0.2, 0.25) is 10.0 Å². The topological polar surface area (TPSA) is 134 Å². The van der Waals surface area contributed by atoms with Crippen molar-refractivity contribution in [2.75, 3.05) is 31.7 Å². The van der Waals surface area contributed by atoms with E-state index in [1.165, 1.54) is 22.7 Å². The van der Waals surface area contributed by atoms with Crippen LogP contribution in [0.2, 0.25) is 0 Å². The largest absolute Gasteiger partial charge is 0.507 e. The van der Waals surface area contributed by atoms with Crippen LogP contribution in [-0.4, -0.2) is 55.3 Å². The predicted octanol–water partition coefficient (Wildman–Crippen LogP) is 2.92. The van der Waals surface area contributed by atoms with Gasteiger partial charge in [-0.2, -0.15) is 9.41 Å². The number of nitrogens with zero attached hydrogens (tertiary/aromatic N) is 3. The summed E-state index contributed by atoms with van der Waals surface area (Å²) < 4.78 is 32.8. The number of morpholine rings is 1. The van der Waals surface area contributed by atoms with Crippen LogP contribution in [-0.2, 0) is 14.8 Å². The van der Waals surface area contributed by atoms with E-state index in [0.717, 1.165) is 16.8 Å². The van der Waals surface area contributed by atoms with Gasteiger partial charge in [0.25, 0.3) is 5.69 Å². The molecule has 2 N–H and O–H groups in total. The van der Waals surface area contributed by atoms with E-state index < -0.39 is 14.9 Å². The Kier molecular flexibility index (Phi) is 6.04. The van der Waals surface area contributed by atoms with E-state index in [4.69, 9.17) is 4.74 Å². The molecule has 166 valence electrons. The standard InChI is InChI=1S/C21H20N4O6S/c26-20-8-5-15-3-1-2-4-17(15)18(20)14-22-23-19-7-6-16(25(27)28)13-21(19)32(29,30)24-9-11-31-12-10-24/h1-8,13-14,23,26H,9-12H2. The molecule has 10 nitrogen and oxygen atoms in total. The summed E-state index contributed by atoms with van der Waals surface area (Å²) in [6.45, 7) is 0.792. The molecule has 0 aliphatic carbocycles. The number of fused-ring (bicyclic) bond motifs is 1. The molecule has 1 aliphatic rings. The summed E-state index contributed by atoms with van der Waals surface area (Å²) in [6.07, 6.45) is 1.38. The molecule has 0 saturated carbocycles. The number of hydrogen-bond acceptors (Lipinski definition) is 8. The molecule has 0 spiro atoms. The fourth-order valence-electron chi connectivity index (χ4n) is 3.44. The van der Waals surface area contributed by atoms with Crippen molar-refractivity contribution in [3.63, 3.8) is 0 Å². The zero-order valence-corrected chi connectivity index (χ0v) is 17.7. The second-order valence-corrected chi connectivity index (χ2v) is 8.95. The number of hydrazone groups is 1. The number of sulfonamides is 1. The highest BCUT2D eigenvalue weighted by molar-refractivity contribution is 7.89. The highest BCUT2D eigenvalue weighted by Gasteiger charge is 2.30. The van der Waals surface area contributed by atoms with Crippen LogP contribution in [0.3, 0.4) is 0 Å². The number of phenols is 1. The minimum absolute atomic E-state index is 0.0131. The summed E-state index contributed by atoms with van der Waals surface area (Å²) in [5.74, 6) is 0.0131. The fourth-order valence-corrected chi connectivity index (χ4v) is 5.01. The van der Waals surface area contributed by atoms with E-state index in [-0.39, 0.29) is 48.3 Å². The zero-order chi connectivity index (χ0) is 22.7. The van der Waals surface area contributed by atoms with Gasteiger partial charge in [-0.1, -0.05) is 30.3 Å². The lowest BCUT2D eigenvalue weighted by atomic mass is 10.0. The molecule has 1 aliphatic heterocycles. The molecule has 0 radical (unpaired) electrons. The summed E-state index contributed by atoms with van der Waals surface area (Å²) in [5, 5.41) is 27.2. The molecule has 1 saturated heterocycles. The first-order valence-corrected chi connectivity index (χ1v) is 11.2. The second kappa shape index (κ2) is 8.91. The number of nitro benzene ring substituents is 1. The lowest BCUT2D eigenvalue weighted by Crippen LogP contribution is -2.40. The number of nitrogens with one attached hydrogen (secondary N) is 1. The Balaban J connectivity index is 1.70. The second-order valence-electron chi connectivity index (χ2n) is 7.04. The minimum Gasteiger partial charge on any atom is -0.507 e. The summed E-state index contributed by atoms with van der Waals surface area (Å²) >= 11 is 0. The lowest BCUT2D eigenvalue weighted by molar-refractivity contribution is -0.385. The maximum Gasteiger partial charge on any atom is 0.270 e. The first-order valence-electron chi connectivity index (χ1n) is 9.74. The molecule has 11 heteroatoms. The van der Waals surface area contributed by atoms with Gasteiger partial charge in [0.1, 0.15) is 10.6 Å². The van der Waals surface area contributed by atoms with Crippen molar-refractivity contribution in [2.24, 2.45) is 5.10 Å². The Hall–Kier alpha value is -3.54. The van der Waals surface area contributed by atoms with Gasteiger partial charge < -0.3 is 9.84 Å². The van der Waals surface area contributed by atoms with Gasteiger partial charge >= 0.3 is 0 Å². The Morgan fingerprint density at radius 3 is 2.62 bits per heavy atom. The van der Waals surface area contributed by atoms with Crippen LogP contribution in [0.5, 0.6) is 5.75 Å². The van der Waals surface area contributed by atoms with Crippen molar-refractivity contribution in [3.8, 4) is 5.75 Å². The number of ether oxygens (including phenoxy) is 1. The smallest absolute Gasteiger partial charge is 0.270 e. The molecule has 32 heavy (non-hydrogen) atoms. The maximum absolute atomic E-state index is 13.2. The van der Waals surface area contributed by atoms with E-state index in [2.05, 4.69) is 10.5 Å². The average molecular weight is 456 g/mol. The van der Waals surface area contributed by atoms with Gasteiger partial charge in [0.15, 0.2) is 0 Å². The molecule has 1 fully saturated rings. The summed E-state index contributed by atoms with van der Waals surface area (Å²) in [5.41, 5.74) is 2.85. The van der Waals surface area contributed by atoms with Crippen molar-refractivity contribution in [1.29, 1.82) is 0 Å². The van der Waals surface area contributed by atoms with E-state index >= 15 is 0 Å². The van der Waals surface area contributed by atoms with E-state index in [1.54, 1.807) is 12.1 Å². The number of rotatable bonds is 6. The first kappa shape index (κ1) is 21.7. The third-order valence-corrected chi connectivity index (χ3v) is 7.03. The Morgan fingerprint density at radius 1 is 1.12 bits per heavy atom. The van der Waals surface area contributed by atoms with Gasteiger partial charge in [-0.05, 0) is 22.9 Å². The number of benzene rings is 3. The highest BCUT2D eigenvalue weighted by Crippen LogP contribution is 2.30. The van der Waals surface area contributed by atoms with Crippen molar-refractivity contribution < 1.29 is 23.2 Å².